The molecule has 0 radical (unpaired) electrons. The predicted octanol–water partition coefficient (Wildman–Crippen LogP) is 2.86. The maximum Gasteiger partial charge on any atom is 0.258 e. The van der Waals surface area contributed by atoms with Crippen LogP contribution in [0.4, 0.5) is 0 Å². The molecule has 2 N–H and O–H groups in total. The van der Waals surface area contributed by atoms with Crippen LogP contribution in [0.5, 0.6) is 5.75 Å². The predicted molar refractivity (Wildman–Crippen MR) is 87.0 cm³/mol. The molecule has 1 amide bonds. The van der Waals surface area contributed by atoms with Gasteiger partial charge in [0, 0.05) is 0 Å². The summed E-state index contributed by atoms with van der Waals surface area (Å²) in [6.45, 7) is 6.13. The smallest absolute Gasteiger partial charge is 0.258 e. The van der Waals surface area contributed by atoms with Crippen LogP contribution in [0.25, 0.3) is 0 Å². The van der Waals surface area contributed by atoms with Crippen LogP contribution in [0.2, 0.25) is 0 Å². The third kappa shape index (κ3) is 4.01. The first-order chi connectivity index (χ1) is 10.5. The largest absolute Gasteiger partial charge is 0.483 e. The van der Waals surface area contributed by atoms with Crippen LogP contribution in [0, 0.1) is 5.92 Å². The van der Waals surface area contributed by atoms with E-state index in [9.17, 15) is 9.90 Å². The quantitative estimate of drug-likeness (QED) is 0.776. The number of rotatable bonds is 8. The van der Waals surface area contributed by atoms with E-state index < -0.39 is 5.54 Å². The van der Waals surface area contributed by atoms with Crippen LogP contribution in [-0.2, 0) is 4.79 Å². The molecule has 2 unspecified atom stereocenters. The van der Waals surface area contributed by atoms with Gasteiger partial charge in [0.25, 0.3) is 5.91 Å². The molecule has 0 aliphatic heterocycles. The summed E-state index contributed by atoms with van der Waals surface area (Å²) in [7, 11) is 0. The van der Waals surface area contributed by atoms with E-state index in [1.165, 1.54) is 0 Å². The number of aliphatic hydroxyl groups is 1. The van der Waals surface area contributed by atoms with Crippen molar-refractivity contribution < 1.29 is 14.6 Å². The highest BCUT2D eigenvalue weighted by atomic mass is 16.5. The number of benzene rings is 1. The lowest BCUT2D eigenvalue weighted by Gasteiger charge is -2.28. The fraction of sp³-hybridized carbons (Fsp3) is 0.611. The number of ether oxygens (including phenoxy) is 1. The topological polar surface area (TPSA) is 58.6 Å². The van der Waals surface area contributed by atoms with E-state index in [1.807, 2.05) is 31.2 Å². The van der Waals surface area contributed by atoms with Crippen molar-refractivity contribution in [1.82, 2.24) is 5.32 Å². The number of hydrogen-bond donors (Lipinski definition) is 2. The Hall–Kier alpha value is -1.55. The Balaban J connectivity index is 1.94. The summed E-state index contributed by atoms with van der Waals surface area (Å²) in [6, 6.07) is 7.86. The Labute approximate surface area is 132 Å². The van der Waals surface area contributed by atoms with E-state index in [4.69, 9.17) is 4.74 Å². The Morgan fingerprint density at radius 2 is 2.14 bits per heavy atom. The van der Waals surface area contributed by atoms with Gasteiger partial charge in [-0.3, -0.25) is 4.79 Å². The van der Waals surface area contributed by atoms with E-state index in [2.05, 4.69) is 19.2 Å². The first-order valence-electron chi connectivity index (χ1n) is 8.13. The summed E-state index contributed by atoms with van der Waals surface area (Å²) in [4.78, 5) is 12.1. The van der Waals surface area contributed by atoms with Crippen molar-refractivity contribution in [2.45, 2.75) is 51.5 Å². The van der Waals surface area contributed by atoms with Crippen molar-refractivity contribution in [1.29, 1.82) is 0 Å². The van der Waals surface area contributed by atoms with Gasteiger partial charge in [0.05, 0.1) is 12.1 Å². The molecule has 1 aliphatic carbocycles. The Kier molecular flexibility index (Phi) is 5.46. The number of nitrogens with one attached hydrogen (secondary N) is 1. The highest BCUT2D eigenvalue weighted by molar-refractivity contribution is 5.78. The molecule has 22 heavy (non-hydrogen) atoms. The van der Waals surface area contributed by atoms with Gasteiger partial charge in [-0.15, -0.1) is 0 Å². The highest BCUT2D eigenvalue weighted by Gasteiger charge is 2.42. The zero-order valence-corrected chi connectivity index (χ0v) is 13.8. The van der Waals surface area contributed by atoms with Gasteiger partial charge in [-0.2, -0.15) is 0 Å². The number of amides is 1. The monoisotopic (exact) mass is 305 g/mol. The lowest BCUT2D eigenvalue weighted by Crippen LogP contribution is -2.52. The fourth-order valence-electron chi connectivity index (χ4n) is 2.73. The molecule has 2 rings (SSSR count). The van der Waals surface area contributed by atoms with Crippen LogP contribution >= 0.6 is 0 Å². The molecule has 122 valence electrons. The van der Waals surface area contributed by atoms with Crippen molar-refractivity contribution in [2.75, 3.05) is 13.2 Å². The molecule has 1 saturated carbocycles. The van der Waals surface area contributed by atoms with E-state index in [0.717, 1.165) is 30.6 Å². The molecule has 1 aliphatic rings. The molecule has 0 bridgehead atoms. The molecule has 4 nitrogen and oxygen atoms in total. The second-order valence-electron chi connectivity index (χ2n) is 6.53. The van der Waals surface area contributed by atoms with Crippen molar-refractivity contribution in [3.05, 3.63) is 29.8 Å². The number of para-hydroxylation sites is 1. The maximum atomic E-state index is 12.1. The first-order valence-corrected chi connectivity index (χ1v) is 8.13. The third-order valence-corrected chi connectivity index (χ3v) is 4.65. The van der Waals surface area contributed by atoms with Crippen molar-refractivity contribution in [3.63, 3.8) is 0 Å². The van der Waals surface area contributed by atoms with Crippen LogP contribution < -0.4 is 10.1 Å². The SMILES string of the molecule is CCC(C)c1ccccc1OCC(=O)NC(C)(CO)C1CC1. The Bertz CT molecular complexity index is 513. The van der Waals surface area contributed by atoms with E-state index in [0.29, 0.717) is 11.8 Å². The lowest BCUT2D eigenvalue weighted by atomic mass is 9.97. The number of aliphatic hydroxyl groups excluding tert-OH is 1. The average Bonchev–Trinajstić information content (AvgIpc) is 3.37. The van der Waals surface area contributed by atoms with Gasteiger partial charge in [0.15, 0.2) is 6.61 Å². The summed E-state index contributed by atoms with van der Waals surface area (Å²) in [6.07, 6.45) is 3.15. The normalized spacial score (nSPS) is 18.4. The molecule has 1 aromatic rings. The summed E-state index contributed by atoms with van der Waals surface area (Å²) >= 11 is 0. The van der Waals surface area contributed by atoms with Crippen LogP contribution in [0.1, 0.15) is 51.5 Å². The molecule has 0 aromatic heterocycles. The maximum absolute atomic E-state index is 12.1. The van der Waals surface area contributed by atoms with Crippen molar-refractivity contribution in [3.8, 4) is 5.75 Å². The number of hydrogen-bond acceptors (Lipinski definition) is 3. The van der Waals surface area contributed by atoms with Gasteiger partial charge in [-0.1, -0.05) is 32.0 Å². The zero-order valence-electron chi connectivity index (χ0n) is 13.8. The zero-order chi connectivity index (χ0) is 16.2. The van der Waals surface area contributed by atoms with Gasteiger partial charge in [0.2, 0.25) is 0 Å². The second kappa shape index (κ2) is 7.14. The van der Waals surface area contributed by atoms with Crippen LogP contribution in [0.15, 0.2) is 24.3 Å². The summed E-state index contributed by atoms with van der Waals surface area (Å²) < 4.78 is 5.72. The van der Waals surface area contributed by atoms with E-state index >= 15 is 0 Å². The van der Waals surface area contributed by atoms with Gasteiger partial charge in [-0.05, 0) is 49.7 Å². The molecular weight excluding hydrogens is 278 g/mol. The minimum Gasteiger partial charge on any atom is -0.483 e. The standard InChI is InChI=1S/C18H27NO3/c1-4-13(2)15-7-5-6-8-16(15)22-11-17(21)19-18(3,12-20)14-9-10-14/h5-8,13-14,20H,4,9-12H2,1-3H3,(H,19,21). The molecule has 2 atom stereocenters. The molecular formula is C18H27NO3. The number of carbonyl (C=O) groups is 1. The lowest BCUT2D eigenvalue weighted by molar-refractivity contribution is -0.125. The summed E-state index contributed by atoms with van der Waals surface area (Å²) in [5.41, 5.74) is 0.612. The van der Waals surface area contributed by atoms with Gasteiger partial charge in [-0.25, -0.2) is 0 Å². The summed E-state index contributed by atoms with van der Waals surface area (Å²) in [5, 5.41) is 12.4. The Morgan fingerprint density at radius 3 is 2.73 bits per heavy atom. The average molecular weight is 305 g/mol. The highest BCUT2D eigenvalue weighted by Crippen LogP contribution is 2.39. The number of carbonyl (C=O) groups excluding carboxylic acids is 1. The third-order valence-electron chi connectivity index (χ3n) is 4.65. The Morgan fingerprint density at radius 1 is 1.45 bits per heavy atom. The van der Waals surface area contributed by atoms with Gasteiger partial charge >= 0.3 is 0 Å². The van der Waals surface area contributed by atoms with Crippen molar-refractivity contribution in [2.24, 2.45) is 5.92 Å². The molecule has 1 fully saturated rings. The van der Waals surface area contributed by atoms with Crippen LogP contribution in [-0.4, -0.2) is 29.8 Å². The molecule has 0 heterocycles. The minimum atomic E-state index is -0.517. The molecule has 4 heteroatoms. The molecule has 1 aromatic carbocycles. The molecule has 0 saturated heterocycles. The minimum absolute atomic E-state index is 0.0181. The first kappa shape index (κ1) is 16.8. The van der Waals surface area contributed by atoms with Crippen molar-refractivity contribution >= 4 is 5.91 Å². The van der Waals surface area contributed by atoms with E-state index in [1.54, 1.807) is 0 Å². The van der Waals surface area contributed by atoms with Gasteiger partial charge in [0.1, 0.15) is 5.75 Å². The van der Waals surface area contributed by atoms with Crippen LogP contribution in [0.3, 0.4) is 0 Å². The molecule has 0 spiro atoms. The summed E-state index contributed by atoms with van der Waals surface area (Å²) in [5.74, 6) is 1.37. The fourth-order valence-corrected chi connectivity index (χ4v) is 2.73. The second-order valence-corrected chi connectivity index (χ2v) is 6.53. The van der Waals surface area contributed by atoms with Gasteiger partial charge < -0.3 is 15.2 Å². The van der Waals surface area contributed by atoms with E-state index in [-0.39, 0.29) is 19.1 Å².